The molecule has 0 heterocycles. The van der Waals surface area contributed by atoms with Crippen molar-refractivity contribution in [2.24, 2.45) is 5.92 Å². The summed E-state index contributed by atoms with van der Waals surface area (Å²) in [5.74, 6) is -3.21. The maximum Gasteiger partial charge on any atom is 0.335 e. The number of hydrogen-bond acceptors (Lipinski definition) is 5. The molecule has 3 rings (SSSR count). The summed E-state index contributed by atoms with van der Waals surface area (Å²) in [5, 5.41) is 18.1. The molecule has 2 N–H and O–H groups in total. The first-order chi connectivity index (χ1) is 15.3. The van der Waals surface area contributed by atoms with Gasteiger partial charge in [-0.05, 0) is 67.3 Å². The molecule has 32 heavy (non-hydrogen) atoms. The number of carboxylic acid groups (broad SMARTS) is 2. The maximum atomic E-state index is 13.1. The Hall–Kier alpha value is -4.00. The SMILES string of the molecule is CCOC(=O)C1C/C(=C/c2ccc(C(=O)O)cc2)C(=O)/C(=C/c2ccc(C(=O)O)cc2)C1. The molecule has 1 unspecified atom stereocenters. The number of carboxylic acids is 2. The molecule has 7 heteroatoms. The number of hydrogen-bond donors (Lipinski definition) is 2. The fourth-order valence-electron chi connectivity index (χ4n) is 3.52. The van der Waals surface area contributed by atoms with Crippen molar-refractivity contribution in [3.05, 3.63) is 81.9 Å². The number of carbonyl (C=O) groups excluding carboxylic acids is 2. The van der Waals surface area contributed by atoms with Crippen LogP contribution >= 0.6 is 0 Å². The summed E-state index contributed by atoms with van der Waals surface area (Å²) in [6.07, 6.45) is 3.74. The van der Waals surface area contributed by atoms with Crippen LogP contribution in [0.15, 0.2) is 59.7 Å². The number of ketones is 1. The molecule has 7 nitrogen and oxygen atoms in total. The minimum absolute atomic E-state index is 0.136. The fourth-order valence-corrected chi connectivity index (χ4v) is 3.52. The van der Waals surface area contributed by atoms with Gasteiger partial charge in [-0.15, -0.1) is 0 Å². The number of esters is 1. The fraction of sp³-hybridized carbons (Fsp3) is 0.200. The zero-order chi connectivity index (χ0) is 23.3. The molecule has 1 aliphatic rings. The van der Waals surface area contributed by atoms with Crippen LogP contribution in [-0.4, -0.2) is 40.5 Å². The van der Waals surface area contributed by atoms with Gasteiger partial charge in [0.15, 0.2) is 5.78 Å². The van der Waals surface area contributed by atoms with Crippen LogP contribution in [-0.2, 0) is 14.3 Å². The Morgan fingerprint density at radius 3 is 1.59 bits per heavy atom. The van der Waals surface area contributed by atoms with Gasteiger partial charge in [0.2, 0.25) is 0 Å². The van der Waals surface area contributed by atoms with E-state index in [1.54, 1.807) is 43.3 Å². The van der Waals surface area contributed by atoms with Crippen molar-refractivity contribution in [3.8, 4) is 0 Å². The first-order valence-corrected chi connectivity index (χ1v) is 10.1. The summed E-state index contributed by atoms with van der Waals surface area (Å²) < 4.78 is 5.16. The largest absolute Gasteiger partial charge is 0.478 e. The molecule has 2 aromatic carbocycles. The van der Waals surface area contributed by atoms with Crippen molar-refractivity contribution in [2.75, 3.05) is 6.61 Å². The molecular formula is C25H22O7. The van der Waals surface area contributed by atoms with Crippen LogP contribution in [0.3, 0.4) is 0 Å². The summed E-state index contributed by atoms with van der Waals surface area (Å²) >= 11 is 0. The Bertz CT molecular complexity index is 1030. The van der Waals surface area contributed by atoms with Gasteiger partial charge in [-0.1, -0.05) is 24.3 Å². The van der Waals surface area contributed by atoms with E-state index in [-0.39, 0.29) is 42.3 Å². The number of carbonyl (C=O) groups is 4. The van der Waals surface area contributed by atoms with Crippen molar-refractivity contribution in [2.45, 2.75) is 19.8 Å². The van der Waals surface area contributed by atoms with E-state index in [4.69, 9.17) is 14.9 Å². The second-order valence-electron chi connectivity index (χ2n) is 7.38. The summed E-state index contributed by atoms with van der Waals surface area (Å²) in [6, 6.07) is 12.2. The normalized spacial score (nSPS) is 18.5. The van der Waals surface area contributed by atoms with Gasteiger partial charge in [-0.3, -0.25) is 9.59 Å². The van der Waals surface area contributed by atoms with E-state index in [2.05, 4.69) is 0 Å². The lowest BCUT2D eigenvalue weighted by Gasteiger charge is -2.24. The minimum atomic E-state index is -1.04. The smallest absolute Gasteiger partial charge is 0.335 e. The van der Waals surface area contributed by atoms with Gasteiger partial charge < -0.3 is 14.9 Å². The molecule has 0 saturated heterocycles. The Morgan fingerprint density at radius 2 is 1.25 bits per heavy atom. The quantitative estimate of drug-likeness (QED) is 0.519. The van der Waals surface area contributed by atoms with E-state index in [1.165, 1.54) is 24.3 Å². The summed E-state index contributed by atoms with van der Waals surface area (Å²) in [4.78, 5) is 47.7. The van der Waals surface area contributed by atoms with Crippen molar-refractivity contribution in [1.29, 1.82) is 0 Å². The lowest BCUT2D eigenvalue weighted by Crippen LogP contribution is -2.27. The van der Waals surface area contributed by atoms with Crippen LogP contribution in [0.25, 0.3) is 12.2 Å². The van der Waals surface area contributed by atoms with Gasteiger partial charge >= 0.3 is 17.9 Å². The predicted octanol–water partition coefficient (Wildman–Crippen LogP) is 4.09. The Labute approximate surface area is 184 Å². The predicted molar refractivity (Wildman–Crippen MR) is 117 cm³/mol. The average Bonchev–Trinajstić information content (AvgIpc) is 2.77. The van der Waals surface area contributed by atoms with Gasteiger partial charge in [0, 0.05) is 11.1 Å². The lowest BCUT2D eigenvalue weighted by atomic mass is 9.79. The van der Waals surface area contributed by atoms with E-state index < -0.39 is 17.9 Å². The van der Waals surface area contributed by atoms with E-state index in [9.17, 15) is 19.2 Å². The van der Waals surface area contributed by atoms with E-state index >= 15 is 0 Å². The van der Waals surface area contributed by atoms with Crippen LogP contribution < -0.4 is 0 Å². The lowest BCUT2D eigenvalue weighted by molar-refractivity contribution is -0.148. The van der Waals surface area contributed by atoms with Crippen LogP contribution in [0.1, 0.15) is 51.6 Å². The maximum absolute atomic E-state index is 13.1. The molecule has 1 fully saturated rings. The third kappa shape index (κ3) is 5.37. The summed E-state index contributed by atoms with van der Waals surface area (Å²) in [7, 11) is 0. The molecule has 0 amide bonds. The molecule has 0 aromatic heterocycles. The highest BCUT2D eigenvalue weighted by Crippen LogP contribution is 2.33. The first-order valence-electron chi connectivity index (χ1n) is 10.1. The minimum Gasteiger partial charge on any atom is -0.478 e. The van der Waals surface area contributed by atoms with Gasteiger partial charge in [-0.25, -0.2) is 9.59 Å². The monoisotopic (exact) mass is 434 g/mol. The second kappa shape index (κ2) is 9.87. The number of benzene rings is 2. The van der Waals surface area contributed by atoms with Crippen molar-refractivity contribution >= 4 is 35.8 Å². The molecule has 1 saturated carbocycles. The zero-order valence-corrected chi connectivity index (χ0v) is 17.4. The van der Waals surface area contributed by atoms with Gasteiger partial charge in [0.1, 0.15) is 0 Å². The molecule has 0 radical (unpaired) electrons. The number of ether oxygens (including phenoxy) is 1. The molecule has 0 bridgehead atoms. The molecule has 0 spiro atoms. The third-order valence-electron chi connectivity index (χ3n) is 5.13. The first kappa shape index (κ1) is 22.7. The van der Waals surface area contributed by atoms with Crippen molar-refractivity contribution in [1.82, 2.24) is 0 Å². The summed E-state index contributed by atoms with van der Waals surface area (Å²) in [5.41, 5.74) is 2.41. The Morgan fingerprint density at radius 1 is 0.844 bits per heavy atom. The average molecular weight is 434 g/mol. The topological polar surface area (TPSA) is 118 Å². The molecule has 0 aliphatic heterocycles. The number of Topliss-reactive ketones (excluding diaryl/α,β-unsaturated/α-hetero) is 1. The highest BCUT2D eigenvalue weighted by Gasteiger charge is 2.33. The Kier molecular flexibility index (Phi) is 7.00. The number of allylic oxidation sites excluding steroid dienone is 2. The van der Waals surface area contributed by atoms with Crippen LogP contribution in [0.4, 0.5) is 0 Å². The van der Waals surface area contributed by atoms with Gasteiger partial charge in [-0.2, -0.15) is 0 Å². The van der Waals surface area contributed by atoms with Gasteiger partial charge in [0.25, 0.3) is 0 Å². The van der Waals surface area contributed by atoms with Crippen LogP contribution in [0, 0.1) is 5.92 Å². The van der Waals surface area contributed by atoms with Crippen molar-refractivity contribution < 1.29 is 34.1 Å². The van der Waals surface area contributed by atoms with E-state index in [0.717, 1.165) is 0 Å². The number of aromatic carboxylic acids is 2. The van der Waals surface area contributed by atoms with Crippen molar-refractivity contribution in [3.63, 3.8) is 0 Å². The molecule has 164 valence electrons. The zero-order valence-electron chi connectivity index (χ0n) is 17.4. The van der Waals surface area contributed by atoms with Crippen LogP contribution in [0.2, 0.25) is 0 Å². The van der Waals surface area contributed by atoms with Crippen LogP contribution in [0.5, 0.6) is 0 Å². The van der Waals surface area contributed by atoms with E-state index in [1.807, 2.05) is 0 Å². The third-order valence-corrected chi connectivity index (χ3v) is 5.13. The Balaban J connectivity index is 1.95. The summed E-state index contributed by atoms with van der Waals surface area (Å²) in [6.45, 7) is 1.95. The molecular weight excluding hydrogens is 412 g/mol. The van der Waals surface area contributed by atoms with E-state index in [0.29, 0.717) is 22.3 Å². The molecule has 1 atom stereocenters. The number of rotatable bonds is 6. The highest BCUT2D eigenvalue weighted by atomic mass is 16.5. The highest BCUT2D eigenvalue weighted by molar-refractivity contribution is 6.15. The van der Waals surface area contributed by atoms with Gasteiger partial charge in [0.05, 0.1) is 23.7 Å². The molecule has 2 aromatic rings. The standard InChI is InChI=1S/C25H22O7/c1-2-32-25(31)21-13-19(11-15-3-7-17(8-4-15)23(27)28)22(26)20(14-21)12-16-5-9-18(10-6-16)24(29)30/h3-12,21H,2,13-14H2,1H3,(H,27,28)(H,29,30)/b19-11-,20-12+. The molecule has 1 aliphatic carbocycles. The second-order valence-corrected chi connectivity index (χ2v) is 7.38.